The molecule has 0 aliphatic heterocycles. The first-order valence-electron chi connectivity index (χ1n) is 10.1. The predicted octanol–water partition coefficient (Wildman–Crippen LogP) is 6.18. The number of fused-ring (bicyclic) bond motifs is 1. The smallest absolute Gasteiger partial charge is 0.320 e. The van der Waals surface area contributed by atoms with E-state index in [0.717, 1.165) is 45.5 Å². The van der Waals surface area contributed by atoms with Gasteiger partial charge in [-0.3, -0.25) is 9.78 Å². The molecule has 150 valence electrons. The number of thioether (sulfide) groups is 1. The summed E-state index contributed by atoms with van der Waals surface area (Å²) in [4.78, 5) is 17.4. The van der Waals surface area contributed by atoms with E-state index < -0.39 is 10.7 Å². The van der Waals surface area contributed by atoms with Crippen molar-refractivity contribution in [2.45, 2.75) is 55.3 Å². The number of pyridine rings is 1. The van der Waals surface area contributed by atoms with E-state index in [4.69, 9.17) is 4.74 Å². The lowest BCUT2D eigenvalue weighted by Gasteiger charge is -2.26. The Morgan fingerprint density at radius 2 is 1.90 bits per heavy atom. The van der Waals surface area contributed by atoms with Crippen molar-refractivity contribution in [2.75, 3.05) is 0 Å². The number of hydrogen-bond acceptors (Lipinski definition) is 4. The summed E-state index contributed by atoms with van der Waals surface area (Å²) in [5.41, 5.74) is 3.03. The number of aromatic nitrogens is 1. The van der Waals surface area contributed by atoms with Gasteiger partial charge in [0.2, 0.25) is 0 Å². The lowest BCUT2D eigenvalue weighted by molar-refractivity contribution is -0.140. The van der Waals surface area contributed by atoms with E-state index in [1.54, 1.807) is 6.20 Å². The lowest BCUT2D eigenvalue weighted by atomic mass is 10.0. The van der Waals surface area contributed by atoms with E-state index in [0.29, 0.717) is 18.9 Å². The number of hydrogen-bond donors (Lipinski definition) is 1. The second-order valence-corrected chi connectivity index (χ2v) is 8.92. The zero-order valence-electron chi connectivity index (χ0n) is 16.7. The molecule has 0 radical (unpaired) electrons. The van der Waals surface area contributed by atoms with Crippen LogP contribution in [0.2, 0.25) is 0 Å². The van der Waals surface area contributed by atoms with Gasteiger partial charge in [0.25, 0.3) is 0 Å². The average molecular weight is 408 g/mol. The van der Waals surface area contributed by atoms with Crippen LogP contribution in [-0.4, -0.2) is 26.9 Å². The van der Waals surface area contributed by atoms with Crippen molar-refractivity contribution >= 4 is 28.6 Å². The van der Waals surface area contributed by atoms with Crippen LogP contribution in [0.4, 0.5) is 0 Å². The summed E-state index contributed by atoms with van der Waals surface area (Å²) >= 11 is 1.43. The molecule has 4 nitrogen and oxygen atoms in total. The molecule has 0 saturated heterocycles. The van der Waals surface area contributed by atoms with E-state index in [1.165, 1.54) is 11.8 Å². The van der Waals surface area contributed by atoms with Gasteiger partial charge in [-0.1, -0.05) is 32.0 Å². The fourth-order valence-electron chi connectivity index (χ4n) is 3.47. The number of ether oxygens (including phenoxy) is 1. The summed E-state index contributed by atoms with van der Waals surface area (Å²) in [6, 6.07) is 16.3. The molecule has 0 spiro atoms. The molecule has 1 aliphatic rings. The van der Waals surface area contributed by atoms with Crippen LogP contribution >= 0.6 is 11.8 Å². The molecule has 1 aromatic heterocycles. The Morgan fingerprint density at radius 1 is 1.14 bits per heavy atom. The van der Waals surface area contributed by atoms with Gasteiger partial charge in [-0.25, -0.2) is 0 Å². The van der Waals surface area contributed by atoms with Crippen molar-refractivity contribution in [1.29, 1.82) is 0 Å². The Balaban J connectivity index is 1.73. The standard InChI is InChI=1S/C24H25NO3S/c1-3-24(4-2,23(26)27)29-22-12-13-25-21-11-8-17(15-20(21)22)16-6-5-7-19(14-16)28-18-9-10-18/h5-8,11-15,18H,3-4,9-10H2,1-2H3,(H,26,27). The van der Waals surface area contributed by atoms with Gasteiger partial charge in [0.15, 0.2) is 0 Å². The Morgan fingerprint density at radius 3 is 2.59 bits per heavy atom. The summed E-state index contributed by atoms with van der Waals surface area (Å²) in [6.45, 7) is 3.87. The highest BCUT2D eigenvalue weighted by Crippen LogP contribution is 2.42. The van der Waals surface area contributed by atoms with Crippen molar-refractivity contribution in [3.63, 3.8) is 0 Å². The lowest BCUT2D eigenvalue weighted by Crippen LogP contribution is -2.33. The molecule has 2 aromatic carbocycles. The van der Waals surface area contributed by atoms with Crippen molar-refractivity contribution in [2.24, 2.45) is 0 Å². The first-order chi connectivity index (χ1) is 14.0. The number of carboxylic acids is 1. The molecule has 1 aliphatic carbocycles. The molecular formula is C24H25NO3S. The Bertz CT molecular complexity index is 1040. The number of carboxylic acid groups (broad SMARTS) is 1. The van der Waals surface area contributed by atoms with E-state index in [-0.39, 0.29) is 0 Å². The van der Waals surface area contributed by atoms with Gasteiger partial charge in [0.05, 0.1) is 11.6 Å². The number of nitrogens with zero attached hydrogens (tertiary/aromatic N) is 1. The highest BCUT2D eigenvalue weighted by molar-refractivity contribution is 8.01. The molecule has 0 atom stereocenters. The fourth-order valence-corrected chi connectivity index (χ4v) is 4.67. The van der Waals surface area contributed by atoms with Gasteiger partial charge in [-0.2, -0.15) is 0 Å². The Kier molecular flexibility index (Phi) is 5.50. The van der Waals surface area contributed by atoms with Crippen molar-refractivity contribution < 1.29 is 14.6 Å². The number of carbonyl (C=O) groups is 1. The molecule has 29 heavy (non-hydrogen) atoms. The number of benzene rings is 2. The van der Waals surface area contributed by atoms with Crippen molar-refractivity contribution in [1.82, 2.24) is 4.98 Å². The van der Waals surface area contributed by atoms with Crippen molar-refractivity contribution in [3.8, 4) is 16.9 Å². The fraction of sp³-hybridized carbons (Fsp3) is 0.333. The summed E-state index contributed by atoms with van der Waals surface area (Å²) < 4.78 is 5.11. The van der Waals surface area contributed by atoms with Gasteiger partial charge in [-0.15, -0.1) is 11.8 Å². The van der Waals surface area contributed by atoms with Crippen LogP contribution in [0, 0.1) is 0 Å². The second-order valence-electron chi connectivity index (χ2n) is 7.49. The minimum Gasteiger partial charge on any atom is -0.490 e. The quantitative estimate of drug-likeness (QED) is 0.452. The zero-order chi connectivity index (χ0) is 20.4. The van der Waals surface area contributed by atoms with Crippen LogP contribution in [0.3, 0.4) is 0 Å². The average Bonchev–Trinajstić information content (AvgIpc) is 3.56. The summed E-state index contributed by atoms with van der Waals surface area (Å²) in [7, 11) is 0. The van der Waals surface area contributed by atoms with Crippen LogP contribution in [0.15, 0.2) is 59.6 Å². The first kappa shape index (κ1) is 19.8. The maximum atomic E-state index is 12.0. The number of aliphatic carboxylic acids is 1. The van der Waals surface area contributed by atoms with Gasteiger partial charge in [0, 0.05) is 16.5 Å². The zero-order valence-corrected chi connectivity index (χ0v) is 17.5. The van der Waals surface area contributed by atoms with Crippen molar-refractivity contribution in [3.05, 3.63) is 54.7 Å². The Hall–Kier alpha value is -2.53. The summed E-state index contributed by atoms with van der Waals surface area (Å²) in [6.07, 6.45) is 5.51. The minimum absolute atomic E-state index is 0.362. The SMILES string of the molecule is CCC(CC)(Sc1ccnc2ccc(-c3cccc(OC4CC4)c3)cc12)C(=O)O. The van der Waals surface area contributed by atoms with E-state index in [2.05, 4.69) is 29.2 Å². The van der Waals surface area contributed by atoms with E-state index in [9.17, 15) is 9.90 Å². The third-order valence-corrected chi connectivity index (χ3v) is 7.25. The highest BCUT2D eigenvalue weighted by Gasteiger charge is 2.36. The highest BCUT2D eigenvalue weighted by atomic mass is 32.2. The number of rotatable bonds is 8. The molecule has 4 rings (SSSR count). The van der Waals surface area contributed by atoms with Gasteiger partial charge >= 0.3 is 5.97 Å². The first-order valence-corrected chi connectivity index (χ1v) is 10.9. The molecule has 1 saturated carbocycles. The van der Waals surface area contributed by atoms with Gasteiger partial charge in [-0.05, 0) is 67.1 Å². The van der Waals surface area contributed by atoms with E-state index >= 15 is 0 Å². The van der Waals surface area contributed by atoms with Gasteiger partial charge < -0.3 is 9.84 Å². The molecule has 0 amide bonds. The van der Waals surface area contributed by atoms with E-state index in [1.807, 2.05) is 38.1 Å². The van der Waals surface area contributed by atoms with Gasteiger partial charge in [0.1, 0.15) is 10.5 Å². The second kappa shape index (κ2) is 8.07. The summed E-state index contributed by atoms with van der Waals surface area (Å²) in [5, 5.41) is 10.8. The Labute approximate surface area is 175 Å². The maximum absolute atomic E-state index is 12.0. The molecule has 5 heteroatoms. The summed E-state index contributed by atoms with van der Waals surface area (Å²) in [5.74, 6) is 0.131. The topological polar surface area (TPSA) is 59.4 Å². The molecule has 3 aromatic rings. The molecule has 1 N–H and O–H groups in total. The minimum atomic E-state index is -0.831. The predicted molar refractivity (Wildman–Crippen MR) is 118 cm³/mol. The molecule has 1 heterocycles. The molecular weight excluding hydrogens is 382 g/mol. The molecule has 1 fully saturated rings. The van der Waals surface area contributed by atoms with Crippen LogP contribution in [0.25, 0.3) is 22.0 Å². The molecule has 0 bridgehead atoms. The van der Waals surface area contributed by atoms with Crippen LogP contribution < -0.4 is 4.74 Å². The van der Waals surface area contributed by atoms with Crippen LogP contribution in [0.1, 0.15) is 39.5 Å². The maximum Gasteiger partial charge on any atom is 0.320 e. The molecule has 0 unspecified atom stereocenters. The normalized spacial score (nSPS) is 14.1. The third-order valence-electron chi connectivity index (χ3n) is 5.53. The largest absolute Gasteiger partial charge is 0.490 e. The monoisotopic (exact) mass is 407 g/mol. The van der Waals surface area contributed by atoms with Crippen LogP contribution in [-0.2, 0) is 4.79 Å². The third kappa shape index (κ3) is 4.10. The van der Waals surface area contributed by atoms with Crippen LogP contribution in [0.5, 0.6) is 5.75 Å².